The summed E-state index contributed by atoms with van der Waals surface area (Å²) in [7, 11) is 0. The van der Waals surface area contributed by atoms with E-state index in [0.717, 1.165) is 35.1 Å². The number of benzene rings is 1. The van der Waals surface area contributed by atoms with Crippen molar-refractivity contribution >= 4 is 22.2 Å². The molecule has 1 aliphatic carbocycles. The van der Waals surface area contributed by atoms with Crippen molar-refractivity contribution in [3.05, 3.63) is 47.4 Å². The Morgan fingerprint density at radius 3 is 2.74 bits per heavy atom. The third-order valence-corrected chi connectivity index (χ3v) is 5.88. The fourth-order valence-corrected chi connectivity index (χ4v) is 4.35. The van der Waals surface area contributed by atoms with Crippen molar-refractivity contribution in [1.29, 1.82) is 0 Å². The second kappa shape index (κ2) is 4.64. The lowest BCUT2D eigenvalue weighted by Gasteiger charge is -2.55. The van der Waals surface area contributed by atoms with E-state index in [1.54, 1.807) is 12.1 Å². The average Bonchev–Trinajstić information content (AvgIpc) is 3.10. The minimum absolute atomic E-state index is 0.0975. The van der Waals surface area contributed by atoms with E-state index in [0.29, 0.717) is 11.7 Å². The van der Waals surface area contributed by atoms with Crippen molar-refractivity contribution in [1.82, 2.24) is 14.3 Å². The smallest absolute Gasteiger partial charge is 0.272 e. The lowest BCUT2D eigenvalue weighted by Crippen LogP contribution is -2.64. The third kappa shape index (κ3) is 1.88. The lowest BCUT2D eigenvalue weighted by molar-refractivity contribution is -0.0381. The molecule has 116 valence electrons. The Labute approximate surface area is 136 Å². The molecule has 1 aromatic carbocycles. The quantitative estimate of drug-likeness (QED) is 0.723. The molecule has 1 unspecified atom stereocenters. The number of carbonyl (C=O) groups is 1. The molecule has 0 spiro atoms. The van der Waals surface area contributed by atoms with Gasteiger partial charge in [-0.2, -0.15) is 0 Å². The van der Waals surface area contributed by atoms with E-state index in [9.17, 15) is 9.18 Å². The molecule has 4 nitrogen and oxygen atoms in total. The Hall–Kier alpha value is -2.21. The van der Waals surface area contributed by atoms with Crippen molar-refractivity contribution in [3.8, 4) is 11.3 Å². The SMILES string of the molecule is O=C(c1csc2nc(-c3ccc(F)cc3)cn12)N1C[C@@H]2CCC21. The summed E-state index contributed by atoms with van der Waals surface area (Å²) >= 11 is 1.46. The molecule has 0 N–H and O–H groups in total. The highest BCUT2D eigenvalue weighted by molar-refractivity contribution is 7.15. The summed E-state index contributed by atoms with van der Waals surface area (Å²) in [4.78, 5) is 20.0. The topological polar surface area (TPSA) is 37.6 Å². The van der Waals surface area contributed by atoms with E-state index < -0.39 is 0 Å². The maximum Gasteiger partial charge on any atom is 0.272 e. The number of likely N-dealkylation sites (tertiary alicyclic amines) is 1. The van der Waals surface area contributed by atoms with Gasteiger partial charge in [0.2, 0.25) is 0 Å². The van der Waals surface area contributed by atoms with Crippen LogP contribution in [0.5, 0.6) is 0 Å². The van der Waals surface area contributed by atoms with Gasteiger partial charge in [-0.3, -0.25) is 9.20 Å². The van der Waals surface area contributed by atoms with Crippen LogP contribution < -0.4 is 0 Å². The van der Waals surface area contributed by atoms with Gasteiger partial charge in [-0.25, -0.2) is 9.37 Å². The molecule has 3 heterocycles. The molecule has 2 aromatic heterocycles. The second-order valence-corrected chi connectivity index (χ2v) is 7.11. The first kappa shape index (κ1) is 13.2. The molecule has 1 aliphatic heterocycles. The lowest BCUT2D eigenvalue weighted by atomic mass is 9.71. The molecule has 1 saturated heterocycles. The van der Waals surface area contributed by atoms with E-state index in [1.807, 2.05) is 20.9 Å². The number of thiazole rings is 1. The predicted octanol–water partition coefficient (Wildman–Crippen LogP) is 3.44. The van der Waals surface area contributed by atoms with Crippen LogP contribution >= 0.6 is 11.3 Å². The summed E-state index contributed by atoms with van der Waals surface area (Å²) in [6, 6.07) is 6.71. The van der Waals surface area contributed by atoms with Crippen LogP contribution in [0.2, 0.25) is 0 Å². The molecule has 0 bridgehead atoms. The number of fused-ring (bicyclic) bond motifs is 2. The largest absolute Gasteiger partial charge is 0.334 e. The van der Waals surface area contributed by atoms with Crippen LogP contribution in [0.1, 0.15) is 23.3 Å². The van der Waals surface area contributed by atoms with Gasteiger partial charge in [0.1, 0.15) is 11.5 Å². The van der Waals surface area contributed by atoms with Crippen molar-refractivity contribution in [2.45, 2.75) is 18.9 Å². The number of imidazole rings is 1. The number of hydrogen-bond acceptors (Lipinski definition) is 3. The molecule has 5 rings (SSSR count). The number of nitrogens with zero attached hydrogens (tertiary/aromatic N) is 3. The van der Waals surface area contributed by atoms with Crippen LogP contribution in [0.15, 0.2) is 35.8 Å². The van der Waals surface area contributed by atoms with E-state index in [1.165, 1.54) is 29.9 Å². The van der Waals surface area contributed by atoms with Gasteiger partial charge < -0.3 is 4.90 Å². The Morgan fingerprint density at radius 2 is 2.09 bits per heavy atom. The summed E-state index contributed by atoms with van der Waals surface area (Å²) < 4.78 is 14.9. The van der Waals surface area contributed by atoms with Gasteiger partial charge in [-0.1, -0.05) is 0 Å². The van der Waals surface area contributed by atoms with Gasteiger partial charge in [0, 0.05) is 29.7 Å². The first-order valence-corrected chi connectivity index (χ1v) is 8.62. The highest BCUT2D eigenvalue weighted by Crippen LogP contribution is 2.42. The molecule has 6 heteroatoms. The number of piperidine rings is 1. The maximum atomic E-state index is 13.1. The number of carbonyl (C=O) groups excluding carboxylic acids is 1. The van der Waals surface area contributed by atoms with Crippen molar-refractivity contribution in [3.63, 3.8) is 0 Å². The van der Waals surface area contributed by atoms with Gasteiger partial charge in [0.25, 0.3) is 5.91 Å². The van der Waals surface area contributed by atoms with Gasteiger partial charge in [0.05, 0.1) is 5.69 Å². The van der Waals surface area contributed by atoms with Crippen molar-refractivity contribution in [2.75, 3.05) is 6.54 Å². The van der Waals surface area contributed by atoms with Crippen LogP contribution in [0.3, 0.4) is 0 Å². The van der Waals surface area contributed by atoms with Crippen LogP contribution in [-0.2, 0) is 0 Å². The molecular weight excluding hydrogens is 313 g/mol. The zero-order chi connectivity index (χ0) is 15.6. The van der Waals surface area contributed by atoms with E-state index in [-0.39, 0.29) is 11.7 Å². The monoisotopic (exact) mass is 327 g/mol. The summed E-state index contributed by atoms with van der Waals surface area (Å²) in [5.74, 6) is 0.560. The minimum atomic E-state index is -0.265. The molecule has 0 radical (unpaired) electrons. The molecule has 1 amide bonds. The van der Waals surface area contributed by atoms with Gasteiger partial charge in [0.15, 0.2) is 4.96 Å². The Balaban J connectivity index is 1.50. The first-order valence-electron chi connectivity index (χ1n) is 7.74. The highest BCUT2D eigenvalue weighted by Gasteiger charge is 2.48. The normalized spacial score (nSPS) is 22.6. The Kier molecular flexibility index (Phi) is 2.68. The predicted molar refractivity (Wildman–Crippen MR) is 86.0 cm³/mol. The number of hydrogen-bond donors (Lipinski definition) is 0. The zero-order valence-electron chi connectivity index (χ0n) is 12.3. The summed E-state index contributed by atoms with van der Waals surface area (Å²) in [5, 5.41) is 1.88. The second-order valence-electron chi connectivity index (χ2n) is 6.27. The molecule has 2 aliphatic rings. The maximum absolute atomic E-state index is 13.1. The van der Waals surface area contributed by atoms with E-state index >= 15 is 0 Å². The summed E-state index contributed by atoms with van der Waals surface area (Å²) in [6.45, 7) is 0.889. The standard InChI is InChI=1S/C17H14FN3OS/c18-12-4-1-10(2-5-12)13-8-21-15(9-23-17(21)19-13)16(22)20-7-11-3-6-14(11)20/h1-2,4-5,8-9,11,14H,3,6-7H2/t11-,14?/m0/s1. The van der Waals surface area contributed by atoms with Crippen LogP contribution in [0.4, 0.5) is 4.39 Å². The number of aromatic nitrogens is 2. The number of amides is 1. The summed E-state index contributed by atoms with van der Waals surface area (Å²) in [6.07, 6.45) is 4.26. The molecule has 2 fully saturated rings. The van der Waals surface area contributed by atoms with Crippen LogP contribution in [-0.4, -0.2) is 32.8 Å². The van der Waals surface area contributed by atoms with Gasteiger partial charge in [-0.15, -0.1) is 11.3 Å². The number of halogens is 1. The van der Waals surface area contributed by atoms with Gasteiger partial charge in [-0.05, 0) is 43.0 Å². The molecule has 23 heavy (non-hydrogen) atoms. The van der Waals surface area contributed by atoms with Crippen molar-refractivity contribution in [2.24, 2.45) is 5.92 Å². The van der Waals surface area contributed by atoms with E-state index in [2.05, 4.69) is 4.98 Å². The molecular formula is C17H14FN3OS. The highest BCUT2D eigenvalue weighted by atomic mass is 32.1. The average molecular weight is 327 g/mol. The third-order valence-electron chi connectivity index (χ3n) is 5.04. The summed E-state index contributed by atoms with van der Waals surface area (Å²) in [5.41, 5.74) is 2.29. The first-order chi connectivity index (χ1) is 11.2. The van der Waals surface area contributed by atoms with Crippen molar-refractivity contribution < 1.29 is 9.18 Å². The zero-order valence-corrected chi connectivity index (χ0v) is 13.1. The van der Waals surface area contributed by atoms with Crippen LogP contribution in [0, 0.1) is 11.7 Å². The van der Waals surface area contributed by atoms with E-state index in [4.69, 9.17) is 0 Å². The minimum Gasteiger partial charge on any atom is -0.334 e. The molecule has 1 saturated carbocycles. The Bertz CT molecular complexity index is 914. The molecule has 3 aromatic rings. The van der Waals surface area contributed by atoms with Gasteiger partial charge >= 0.3 is 0 Å². The Morgan fingerprint density at radius 1 is 1.26 bits per heavy atom. The molecule has 2 atom stereocenters. The fourth-order valence-electron chi connectivity index (χ4n) is 3.50. The number of rotatable bonds is 2. The fraction of sp³-hybridized carbons (Fsp3) is 0.294. The van der Waals surface area contributed by atoms with Crippen LogP contribution in [0.25, 0.3) is 16.2 Å².